The van der Waals surface area contributed by atoms with E-state index in [-0.39, 0.29) is 20.0 Å². The predicted octanol–water partition coefficient (Wildman–Crippen LogP) is 32.2. The molecular formula is C117H128N14O5. The average molecular weight is 1820 g/mol. The SMILES string of the molecule is CC.CC.CC.CC.CC.[2H]C(C)(C)N1CN(c2c(C)ccc3c2oc2ccccc23)c2ccccc21.[2H]C(C)(C)N1CN(c2c(C)ccc3c2oc2ccccc23)c2cccnc21.[2H]C([2H])([2H])C([2H])(C)N1CN(c2c(C)ccc3c2oc2ccccc23)c2ncccc21.[2H]C([2H])([2H])N1CN(c2c(C)ccc3c2oc2ccccc23)c2cccnc21.[2H]C([2H])([2H])N1CN(c2c(C)ccc3c2oc2ccccc23)c2ncccc21. The van der Waals surface area contributed by atoms with Crippen molar-refractivity contribution in [2.24, 2.45) is 0 Å². The van der Waals surface area contributed by atoms with E-state index in [2.05, 4.69) is 121 Å². The Labute approximate surface area is 816 Å². The van der Waals surface area contributed by atoms with Crippen molar-refractivity contribution >= 4 is 196 Å². The number of para-hydroxylation sites is 7. The molecule has 0 bridgehead atoms. The maximum atomic E-state index is 8.65. The van der Waals surface area contributed by atoms with Gasteiger partial charge in [-0.05, 0) is 195 Å². The summed E-state index contributed by atoms with van der Waals surface area (Å²) in [5.41, 5.74) is 23.5. The summed E-state index contributed by atoms with van der Waals surface area (Å²) in [6, 6.07) is 80.8. The number of hydrogen-bond donors (Lipinski definition) is 0. The lowest BCUT2D eigenvalue weighted by molar-refractivity contribution is 0.664. The number of pyridine rings is 4. The number of nitrogens with zero attached hydrogens (tertiary/aromatic N) is 14. The zero-order valence-corrected chi connectivity index (χ0v) is 81.4. The van der Waals surface area contributed by atoms with E-state index in [0.29, 0.717) is 42.2 Å². The van der Waals surface area contributed by atoms with E-state index >= 15 is 0 Å². The lowest BCUT2D eigenvalue weighted by atomic mass is 10.1. The van der Waals surface area contributed by atoms with E-state index in [1.165, 1.54) is 22.3 Å². The molecule has 5 aliphatic rings. The summed E-state index contributed by atoms with van der Waals surface area (Å²) < 4.78 is 128. The molecular weight excluding hydrogens is 1680 g/mol. The van der Waals surface area contributed by atoms with E-state index in [1.807, 2.05) is 301 Å². The second-order valence-electron chi connectivity index (χ2n) is 32.9. The van der Waals surface area contributed by atoms with Crippen LogP contribution in [0.2, 0.25) is 0 Å². The molecule has 0 aliphatic carbocycles. The lowest BCUT2D eigenvalue weighted by Gasteiger charge is -2.26. The van der Waals surface area contributed by atoms with E-state index in [9.17, 15) is 0 Å². The normalized spacial score (nSPS) is 15.3. The molecule has 14 heterocycles. The van der Waals surface area contributed by atoms with Gasteiger partial charge in [-0.3, -0.25) is 0 Å². The third-order valence-electron chi connectivity index (χ3n) is 24.6. The number of benzene rings is 11. The summed E-state index contributed by atoms with van der Waals surface area (Å²) in [6.45, 7) is 34.1. The Bertz CT molecular complexity index is 7450. The Morgan fingerprint density at radius 2 is 0.507 bits per heavy atom. The summed E-state index contributed by atoms with van der Waals surface area (Å²) in [7, 11) is 0. The van der Waals surface area contributed by atoms with Gasteiger partial charge in [-0.25, -0.2) is 19.9 Å². The van der Waals surface area contributed by atoms with Crippen LogP contribution in [-0.2, 0) is 0 Å². The molecule has 20 aromatic rings. The summed E-state index contributed by atoms with van der Waals surface area (Å²) in [4.78, 5) is 36.8. The Balaban J connectivity index is 0.000000129. The highest BCUT2D eigenvalue weighted by atomic mass is 16.3. The first-order valence-corrected chi connectivity index (χ1v) is 47.2. The molecule has 0 fully saturated rings. The fourth-order valence-corrected chi connectivity index (χ4v) is 18.6. The highest BCUT2D eigenvalue weighted by Gasteiger charge is 2.38. The van der Waals surface area contributed by atoms with Crippen molar-refractivity contribution in [3.05, 3.63) is 307 Å². The van der Waals surface area contributed by atoms with Crippen molar-refractivity contribution in [2.45, 2.75) is 163 Å². The molecule has 0 spiro atoms. The second kappa shape index (κ2) is 40.8. The monoisotopic (exact) mass is 1820 g/mol. The van der Waals surface area contributed by atoms with Gasteiger partial charge in [0.25, 0.3) is 0 Å². The molecule has 0 radical (unpaired) electrons. The molecule has 19 heteroatoms. The molecule has 11 aromatic carbocycles. The van der Waals surface area contributed by atoms with Crippen molar-refractivity contribution in [3.63, 3.8) is 0 Å². The van der Waals surface area contributed by atoms with Crippen molar-refractivity contribution < 1.29 is 38.5 Å². The van der Waals surface area contributed by atoms with Gasteiger partial charge >= 0.3 is 0 Å². The predicted molar refractivity (Wildman–Crippen MR) is 577 cm³/mol. The number of rotatable bonds is 8. The van der Waals surface area contributed by atoms with Gasteiger partial charge in [0.1, 0.15) is 27.9 Å². The van der Waals surface area contributed by atoms with Crippen LogP contribution in [0.1, 0.15) is 155 Å². The van der Waals surface area contributed by atoms with Gasteiger partial charge in [-0.1, -0.05) is 233 Å². The first kappa shape index (κ1) is 79.6. The van der Waals surface area contributed by atoms with Crippen LogP contribution in [0, 0.1) is 34.6 Å². The van der Waals surface area contributed by atoms with Gasteiger partial charge in [0.15, 0.2) is 51.2 Å². The minimum Gasteiger partial charge on any atom is -0.454 e. The van der Waals surface area contributed by atoms with Crippen molar-refractivity contribution in [1.29, 1.82) is 0 Å². The molecule has 5 aliphatic heterocycles. The number of anilines is 15. The number of hydrogen-bond acceptors (Lipinski definition) is 19. The van der Waals surface area contributed by atoms with Crippen LogP contribution in [0.3, 0.4) is 0 Å². The van der Waals surface area contributed by atoms with Gasteiger partial charge in [0, 0.05) is 123 Å². The molecule has 9 aromatic heterocycles. The highest BCUT2D eigenvalue weighted by Crippen LogP contribution is 2.53. The fraction of sp³-hybridized carbons (Fsp3) is 0.265. The van der Waals surface area contributed by atoms with Gasteiger partial charge in [0.2, 0.25) is 0 Å². The molecule has 0 saturated heterocycles. The molecule has 136 heavy (non-hydrogen) atoms. The van der Waals surface area contributed by atoms with Crippen LogP contribution in [0.4, 0.5) is 85.8 Å². The molecule has 19 nitrogen and oxygen atoms in total. The first-order chi connectivity index (χ1) is 71.0. The van der Waals surface area contributed by atoms with Crippen molar-refractivity contribution in [3.8, 4) is 0 Å². The van der Waals surface area contributed by atoms with Crippen LogP contribution >= 0.6 is 0 Å². The second-order valence-corrected chi connectivity index (χ2v) is 32.9. The number of aromatic nitrogens is 4. The van der Waals surface area contributed by atoms with Crippen LogP contribution in [0.5, 0.6) is 0 Å². The van der Waals surface area contributed by atoms with Gasteiger partial charge < -0.3 is 71.1 Å². The Morgan fingerprint density at radius 3 is 0.882 bits per heavy atom. The van der Waals surface area contributed by atoms with Gasteiger partial charge in [0.05, 0.1) is 100 Å². The van der Waals surface area contributed by atoms with Gasteiger partial charge in [-0.2, -0.15) is 0 Å². The van der Waals surface area contributed by atoms with E-state index in [0.717, 1.165) is 189 Å². The Morgan fingerprint density at radius 1 is 0.243 bits per heavy atom. The Hall–Kier alpha value is -15.0. The summed E-state index contributed by atoms with van der Waals surface area (Å²) in [6.07, 6.45) is 6.77. The molecule has 0 N–H and O–H groups in total. The molecule has 1 atom stereocenters. The van der Waals surface area contributed by atoms with Crippen molar-refractivity contribution in [1.82, 2.24) is 19.9 Å². The highest BCUT2D eigenvalue weighted by molar-refractivity contribution is 6.16. The Kier molecular flexibility index (Phi) is 23.9. The van der Waals surface area contributed by atoms with Crippen LogP contribution in [-0.4, -0.2) is 85.3 Å². The smallest absolute Gasteiger partial charge is 0.159 e. The number of furan rings is 5. The lowest BCUT2D eigenvalue weighted by Crippen LogP contribution is -2.34. The minimum absolute atomic E-state index is 0.194. The van der Waals surface area contributed by atoms with E-state index in [1.54, 1.807) is 47.9 Å². The minimum atomic E-state index is -2.49. The molecule has 25 rings (SSSR count). The third kappa shape index (κ3) is 17.0. The van der Waals surface area contributed by atoms with Gasteiger partial charge in [-0.15, -0.1) is 0 Å². The maximum Gasteiger partial charge on any atom is 0.159 e. The molecule has 696 valence electrons. The average Bonchev–Trinajstić information content (AvgIpc) is 1.63. The quantitative estimate of drug-likeness (QED) is 0.142. The first-order valence-electron chi connectivity index (χ1n) is 53.2. The van der Waals surface area contributed by atoms with E-state index < -0.39 is 38.9 Å². The third-order valence-corrected chi connectivity index (χ3v) is 24.6. The molecule has 1 unspecified atom stereocenters. The standard InChI is InChI=1S/C23H22N2O.2C22H21N3O.2C20H17N3O.5C2H6/c1-15(2)24-14-25(20-10-6-5-9-19(20)24)22-16(3)12-13-18-17-8-4-7-11-21(17)26-23(18)22;1-14(2)24-13-25(18-8-6-12-23-22(18)24)20-15(3)10-11-17-16-7-4-5-9-19(16)26-21(17)20;1-14(2)24-13-25(22-18(24)8-6-12-23-22)20-15(3)10-11-17-16-7-4-5-9-19(16)26-21(17)20;1-13-9-10-15-14-6-3-4-8-17(14)24-19(15)18(13)23-12-22(2)20-16(23)7-5-11-21-20;1-13-9-10-15-14-6-3-4-8-17(14)24-19(15)18(13)23-12-22(2)16-7-5-11-21-20(16)23;5*1-2/h4-13,15H,14H2,1-3H3;2*4-12,14H,13H2,1-3H3;2*3-11H,12H2,1-2H3;5*1-2H3/i15D;14D;1D3,14D;2*2D3;;;;;. The fourth-order valence-electron chi connectivity index (χ4n) is 18.6. The summed E-state index contributed by atoms with van der Waals surface area (Å²) >= 11 is 0. The van der Waals surface area contributed by atoms with Crippen LogP contribution in [0.25, 0.3) is 110 Å². The molecule has 0 amide bonds. The van der Waals surface area contributed by atoms with Crippen molar-refractivity contribution in [2.75, 3.05) is 96.3 Å². The zero-order chi connectivity index (χ0) is 106. The molecule has 0 saturated carbocycles. The topological polar surface area (TPSA) is 150 Å². The maximum absolute atomic E-state index is 8.65. The number of fused-ring (bicyclic) bond motifs is 20. The van der Waals surface area contributed by atoms with Crippen LogP contribution < -0.4 is 49.0 Å². The largest absolute Gasteiger partial charge is 0.454 e. The van der Waals surface area contributed by atoms with Crippen LogP contribution in [0.15, 0.2) is 302 Å². The van der Waals surface area contributed by atoms with E-state index in [4.69, 9.17) is 38.5 Å². The number of aryl methyl sites for hydroxylation is 5. The summed E-state index contributed by atoms with van der Waals surface area (Å²) in [5, 5.41) is 10.6. The summed E-state index contributed by atoms with van der Waals surface area (Å²) in [5.74, 6) is 2.55. The zero-order valence-electron chi connectivity index (χ0n) is 93.4.